The third kappa shape index (κ3) is 2.77. The third-order valence-electron chi connectivity index (χ3n) is 10.4. The number of piperidine rings is 4. The Bertz CT molecular complexity index is 901. The van der Waals surface area contributed by atoms with Crippen LogP contribution in [0.1, 0.15) is 64.2 Å². The fraction of sp³-hybridized carbons (Fsp3) is 0.600. The molecule has 0 unspecified atom stereocenters. The van der Waals surface area contributed by atoms with Crippen LogP contribution in [0.4, 0.5) is 11.4 Å². The highest BCUT2D eigenvalue weighted by Gasteiger charge is 2.48. The zero-order valence-corrected chi connectivity index (χ0v) is 19.2. The standard InChI is InChI=1S/C30H36N2/c1-3-23(17-25(5-1)31-27-9-19-7-20(11-27)12-28(31)10-19)24-4-2-6-26(18-24)32-29-13-21-8-22(15-29)16-30(32)14-21/h1-6,17-22,27-30H,7-16H2. The molecule has 4 aliphatic heterocycles. The summed E-state index contributed by atoms with van der Waals surface area (Å²) in [5, 5.41) is 0. The summed E-state index contributed by atoms with van der Waals surface area (Å²) >= 11 is 0. The third-order valence-corrected chi connectivity index (χ3v) is 10.4. The summed E-state index contributed by atoms with van der Waals surface area (Å²) in [7, 11) is 0. The minimum Gasteiger partial charge on any atom is -0.366 e. The molecule has 0 atom stereocenters. The summed E-state index contributed by atoms with van der Waals surface area (Å²) in [6, 6.07) is 22.3. The van der Waals surface area contributed by atoms with E-state index < -0.39 is 0 Å². The Kier molecular flexibility index (Phi) is 3.91. The molecule has 4 heterocycles. The molecule has 0 amide bonds. The van der Waals surface area contributed by atoms with Crippen LogP contribution in [0.3, 0.4) is 0 Å². The van der Waals surface area contributed by atoms with Crippen molar-refractivity contribution in [1.82, 2.24) is 0 Å². The van der Waals surface area contributed by atoms with Gasteiger partial charge in [-0.3, -0.25) is 0 Å². The van der Waals surface area contributed by atoms with Crippen LogP contribution in [0.25, 0.3) is 11.1 Å². The maximum Gasteiger partial charge on any atom is 0.0377 e. The number of hydrogen-bond donors (Lipinski definition) is 0. The first kappa shape index (κ1) is 18.5. The largest absolute Gasteiger partial charge is 0.366 e. The van der Waals surface area contributed by atoms with E-state index in [2.05, 4.69) is 58.3 Å². The van der Waals surface area contributed by atoms with E-state index >= 15 is 0 Å². The molecule has 4 saturated heterocycles. The highest BCUT2D eigenvalue weighted by molar-refractivity contribution is 5.73. The van der Waals surface area contributed by atoms with Gasteiger partial charge in [0.15, 0.2) is 0 Å². The molecule has 0 spiro atoms. The molecule has 0 radical (unpaired) electrons. The van der Waals surface area contributed by atoms with E-state index in [9.17, 15) is 0 Å². The molecular weight excluding hydrogens is 388 g/mol. The van der Waals surface area contributed by atoms with Gasteiger partial charge in [0.25, 0.3) is 0 Å². The van der Waals surface area contributed by atoms with E-state index in [4.69, 9.17) is 0 Å². The first-order valence-electron chi connectivity index (χ1n) is 13.5. The van der Waals surface area contributed by atoms with Crippen LogP contribution >= 0.6 is 0 Å². The molecule has 2 aromatic rings. The van der Waals surface area contributed by atoms with Crippen LogP contribution in [0.2, 0.25) is 0 Å². The molecule has 2 aromatic carbocycles. The molecule has 2 nitrogen and oxygen atoms in total. The second-order valence-corrected chi connectivity index (χ2v) is 12.4. The van der Waals surface area contributed by atoms with Crippen LogP contribution in [0.15, 0.2) is 48.5 Å². The predicted molar refractivity (Wildman–Crippen MR) is 132 cm³/mol. The van der Waals surface area contributed by atoms with E-state index in [-0.39, 0.29) is 0 Å². The Labute approximate surface area is 193 Å². The van der Waals surface area contributed by atoms with Crippen LogP contribution in [0.5, 0.6) is 0 Å². The Morgan fingerprint density at radius 2 is 0.781 bits per heavy atom. The lowest BCUT2D eigenvalue weighted by atomic mass is 9.63. The van der Waals surface area contributed by atoms with E-state index in [1.807, 2.05) is 0 Å². The predicted octanol–water partition coefficient (Wildman–Crippen LogP) is 6.89. The van der Waals surface area contributed by atoms with Gasteiger partial charge in [0.05, 0.1) is 0 Å². The van der Waals surface area contributed by atoms with Crippen molar-refractivity contribution in [2.24, 2.45) is 23.7 Å². The van der Waals surface area contributed by atoms with Gasteiger partial charge in [-0.15, -0.1) is 0 Å². The van der Waals surface area contributed by atoms with E-state index in [0.717, 1.165) is 47.8 Å². The molecule has 2 heteroatoms. The summed E-state index contributed by atoms with van der Waals surface area (Å²) in [5.74, 6) is 4.07. The van der Waals surface area contributed by atoms with Crippen molar-refractivity contribution in [2.75, 3.05) is 9.80 Å². The topological polar surface area (TPSA) is 6.48 Å². The van der Waals surface area contributed by atoms with Crippen molar-refractivity contribution in [3.63, 3.8) is 0 Å². The Balaban J connectivity index is 1.11. The van der Waals surface area contributed by atoms with Crippen LogP contribution in [-0.2, 0) is 0 Å². The van der Waals surface area contributed by atoms with Gasteiger partial charge < -0.3 is 9.80 Å². The fourth-order valence-corrected chi connectivity index (χ4v) is 9.60. The van der Waals surface area contributed by atoms with E-state index in [0.29, 0.717) is 0 Å². The van der Waals surface area contributed by atoms with Crippen molar-refractivity contribution >= 4 is 11.4 Å². The summed E-state index contributed by atoms with van der Waals surface area (Å²) in [5.41, 5.74) is 5.78. The van der Waals surface area contributed by atoms with Crippen molar-refractivity contribution < 1.29 is 0 Å². The number of anilines is 2. The van der Waals surface area contributed by atoms with Crippen molar-refractivity contribution in [2.45, 2.75) is 88.4 Å². The van der Waals surface area contributed by atoms with Gasteiger partial charge in [-0.05, 0) is 123 Å². The number of rotatable bonds is 3. The molecule has 0 N–H and O–H groups in total. The number of hydrogen-bond acceptors (Lipinski definition) is 2. The quantitative estimate of drug-likeness (QED) is 0.529. The summed E-state index contributed by atoms with van der Waals surface area (Å²) < 4.78 is 0. The lowest BCUT2D eigenvalue weighted by Crippen LogP contribution is -2.58. The molecule has 4 aliphatic carbocycles. The van der Waals surface area contributed by atoms with Gasteiger partial charge in [0.2, 0.25) is 0 Å². The molecule has 8 aliphatic rings. The minimum atomic E-state index is 0.798. The lowest BCUT2D eigenvalue weighted by molar-refractivity contribution is 0.0899. The fourth-order valence-electron chi connectivity index (χ4n) is 9.60. The van der Waals surface area contributed by atoms with Crippen LogP contribution in [-0.4, -0.2) is 24.2 Å². The van der Waals surface area contributed by atoms with Gasteiger partial charge in [0, 0.05) is 35.5 Å². The minimum absolute atomic E-state index is 0.798. The first-order chi connectivity index (χ1) is 15.8. The van der Waals surface area contributed by atoms with Gasteiger partial charge in [-0.2, -0.15) is 0 Å². The first-order valence-corrected chi connectivity index (χ1v) is 13.5. The molecule has 4 saturated carbocycles. The van der Waals surface area contributed by atoms with Crippen molar-refractivity contribution in [3.8, 4) is 11.1 Å². The summed E-state index contributed by atoms with van der Waals surface area (Å²) in [4.78, 5) is 5.67. The van der Waals surface area contributed by atoms with Gasteiger partial charge >= 0.3 is 0 Å². The SMILES string of the molecule is c1cc(-c2cccc(N3C4CC5CC(C4)CC3C5)c2)cc(N2C3CC4CC(C3)CC2C4)c1. The van der Waals surface area contributed by atoms with Crippen LogP contribution in [0, 0.1) is 23.7 Å². The van der Waals surface area contributed by atoms with E-state index in [1.54, 1.807) is 0 Å². The highest BCUT2D eigenvalue weighted by atomic mass is 15.2. The molecule has 8 bridgehead atoms. The molecule has 0 aromatic heterocycles. The number of nitrogens with zero attached hydrogens (tertiary/aromatic N) is 2. The highest BCUT2D eigenvalue weighted by Crippen LogP contribution is 2.52. The second-order valence-electron chi connectivity index (χ2n) is 12.4. The van der Waals surface area contributed by atoms with Gasteiger partial charge in [-0.25, -0.2) is 0 Å². The Morgan fingerprint density at radius 3 is 1.12 bits per heavy atom. The zero-order valence-electron chi connectivity index (χ0n) is 19.2. The van der Waals surface area contributed by atoms with Crippen LogP contribution < -0.4 is 9.80 Å². The van der Waals surface area contributed by atoms with Gasteiger partial charge in [-0.1, -0.05) is 24.3 Å². The van der Waals surface area contributed by atoms with Crippen molar-refractivity contribution in [1.29, 1.82) is 0 Å². The summed E-state index contributed by atoms with van der Waals surface area (Å²) in [6.07, 6.45) is 14.5. The van der Waals surface area contributed by atoms with E-state index in [1.165, 1.54) is 86.7 Å². The summed E-state index contributed by atoms with van der Waals surface area (Å²) in [6.45, 7) is 0. The lowest BCUT2D eigenvalue weighted by Gasteiger charge is -2.57. The smallest absolute Gasteiger partial charge is 0.0377 e. The van der Waals surface area contributed by atoms with Crippen molar-refractivity contribution in [3.05, 3.63) is 48.5 Å². The number of benzene rings is 2. The molecule has 32 heavy (non-hydrogen) atoms. The molecule has 166 valence electrons. The molecule has 8 fully saturated rings. The Hall–Kier alpha value is -1.96. The average molecular weight is 425 g/mol. The maximum atomic E-state index is 2.83. The normalized spacial score (nSPS) is 41.0. The monoisotopic (exact) mass is 424 g/mol. The van der Waals surface area contributed by atoms with Gasteiger partial charge in [0.1, 0.15) is 0 Å². The maximum absolute atomic E-state index is 2.83. The Morgan fingerprint density at radius 1 is 0.438 bits per heavy atom. The molecule has 10 rings (SSSR count). The average Bonchev–Trinajstić information content (AvgIpc) is 2.78. The zero-order chi connectivity index (χ0) is 20.8. The second kappa shape index (κ2) is 6.78. The molecular formula is C30H36N2.